The molecular weight excluding hydrogens is 334 g/mol. The largest absolute Gasteiger partial charge is 0.383 e. The summed E-state index contributed by atoms with van der Waals surface area (Å²) in [5.74, 6) is -19.7. The van der Waals surface area contributed by atoms with Gasteiger partial charge in [-0.25, -0.2) is 0 Å². The van der Waals surface area contributed by atoms with Crippen LogP contribution in [0.1, 0.15) is 26.2 Å². The molecule has 1 aliphatic rings. The Balaban J connectivity index is 2.87. The van der Waals surface area contributed by atoms with Crippen molar-refractivity contribution in [1.29, 1.82) is 0 Å². The van der Waals surface area contributed by atoms with E-state index in [-0.39, 0.29) is 6.04 Å². The van der Waals surface area contributed by atoms with Crippen LogP contribution in [0.3, 0.4) is 0 Å². The first kappa shape index (κ1) is 21.1. The first-order valence-electron chi connectivity index (χ1n) is 7.04. The summed E-state index contributed by atoms with van der Waals surface area (Å²) in [6.45, 7) is 1.11. The number of nitrogens with one attached hydrogen (secondary N) is 1. The summed E-state index contributed by atoms with van der Waals surface area (Å²) in [6.07, 6.45) is -1.60. The molecule has 1 fully saturated rings. The molecule has 24 heavy (non-hydrogen) atoms. The summed E-state index contributed by atoms with van der Waals surface area (Å²) >= 11 is 0. The minimum Gasteiger partial charge on any atom is -0.383 e. The zero-order valence-corrected chi connectivity index (χ0v) is 12.7. The molecule has 0 aromatic carbocycles. The molecule has 11 N–H and O–H groups in total. The van der Waals surface area contributed by atoms with Gasteiger partial charge >= 0.3 is 11.8 Å². The van der Waals surface area contributed by atoms with Gasteiger partial charge in [0.25, 0.3) is 5.79 Å². The summed E-state index contributed by atoms with van der Waals surface area (Å²) in [5.41, 5.74) is 0. The predicted octanol–water partition coefficient (Wildman–Crippen LogP) is -5.67. The van der Waals surface area contributed by atoms with Crippen LogP contribution in [-0.4, -0.2) is 92.5 Å². The summed E-state index contributed by atoms with van der Waals surface area (Å²) < 4.78 is 0. The van der Waals surface area contributed by atoms with E-state index in [2.05, 4.69) is 5.32 Å². The standard InChI is InChI=1S/C12H23NO11/c1-5(7(14)8(15)13-6-2-3-6)4-9(16,17)10(18,19)11(20,21)12(22,23)24/h5-7,14,16-24H,2-4H2,1H3,(H,13,15). The Labute approximate surface area is 135 Å². The highest BCUT2D eigenvalue weighted by Crippen LogP contribution is 2.37. The Kier molecular flexibility index (Phi) is 5.65. The zero-order valence-electron chi connectivity index (χ0n) is 12.7. The number of carbonyl (C=O) groups excluding carboxylic acids is 1. The van der Waals surface area contributed by atoms with Gasteiger partial charge in [0.05, 0.1) is 0 Å². The van der Waals surface area contributed by atoms with Crippen LogP contribution in [0.4, 0.5) is 0 Å². The highest BCUT2D eigenvalue weighted by Gasteiger charge is 2.70. The van der Waals surface area contributed by atoms with Crippen LogP contribution in [0.25, 0.3) is 0 Å². The first-order valence-corrected chi connectivity index (χ1v) is 7.04. The number of hydrogen-bond donors (Lipinski definition) is 11. The average Bonchev–Trinajstić information content (AvgIpc) is 3.19. The number of aliphatic hydroxyl groups excluding tert-OH is 1. The smallest absolute Gasteiger partial charge is 0.338 e. The highest BCUT2D eigenvalue weighted by atomic mass is 16.8. The Morgan fingerprint density at radius 1 is 1.00 bits per heavy atom. The third kappa shape index (κ3) is 4.00. The molecule has 12 nitrogen and oxygen atoms in total. The Morgan fingerprint density at radius 2 is 1.46 bits per heavy atom. The molecule has 1 rings (SSSR count). The second-order valence-corrected chi connectivity index (χ2v) is 6.21. The summed E-state index contributed by atoms with van der Waals surface area (Å²) in [5, 5.41) is 95.3. The number of rotatable bonds is 8. The number of aliphatic hydroxyl groups is 10. The summed E-state index contributed by atoms with van der Waals surface area (Å²) in [4.78, 5) is 11.7. The lowest BCUT2D eigenvalue weighted by Gasteiger charge is -2.45. The SMILES string of the molecule is CC(CC(O)(O)C(O)(O)C(O)(O)C(O)(O)O)C(O)C(=O)NC1CC1. The van der Waals surface area contributed by atoms with Crippen molar-refractivity contribution < 1.29 is 55.9 Å². The van der Waals surface area contributed by atoms with Crippen LogP contribution in [0.5, 0.6) is 0 Å². The van der Waals surface area contributed by atoms with Crippen LogP contribution in [0.15, 0.2) is 0 Å². The van der Waals surface area contributed by atoms with Crippen LogP contribution in [0, 0.1) is 5.92 Å². The minimum absolute atomic E-state index is 0.108. The predicted molar refractivity (Wildman–Crippen MR) is 71.8 cm³/mol. The van der Waals surface area contributed by atoms with Gasteiger partial charge in [-0.1, -0.05) is 6.92 Å². The second kappa shape index (κ2) is 6.42. The maximum atomic E-state index is 11.7. The molecule has 0 radical (unpaired) electrons. The molecule has 2 atom stereocenters. The molecule has 0 aromatic heterocycles. The number of hydrogen-bond acceptors (Lipinski definition) is 11. The van der Waals surface area contributed by atoms with Gasteiger partial charge in [-0.15, -0.1) is 0 Å². The molecular formula is C12H23NO11. The van der Waals surface area contributed by atoms with E-state index in [0.717, 1.165) is 19.8 Å². The van der Waals surface area contributed by atoms with Crippen molar-refractivity contribution in [2.45, 2.75) is 61.7 Å². The molecule has 142 valence electrons. The number of amides is 1. The molecule has 0 heterocycles. The molecule has 1 amide bonds. The average molecular weight is 357 g/mol. The van der Waals surface area contributed by atoms with E-state index in [4.69, 9.17) is 15.3 Å². The first-order chi connectivity index (χ1) is 10.5. The Bertz CT molecular complexity index is 466. The van der Waals surface area contributed by atoms with E-state index in [0.29, 0.717) is 0 Å². The van der Waals surface area contributed by atoms with Gasteiger partial charge in [0.2, 0.25) is 11.7 Å². The normalized spacial score (nSPS) is 19.8. The Hall–Kier alpha value is -0.930. The van der Waals surface area contributed by atoms with Gasteiger partial charge in [0.15, 0.2) is 0 Å². The third-order valence-electron chi connectivity index (χ3n) is 3.85. The van der Waals surface area contributed by atoms with Crippen molar-refractivity contribution in [1.82, 2.24) is 5.32 Å². The van der Waals surface area contributed by atoms with Crippen molar-refractivity contribution in [2.24, 2.45) is 5.92 Å². The maximum absolute atomic E-state index is 11.7. The van der Waals surface area contributed by atoms with E-state index >= 15 is 0 Å². The van der Waals surface area contributed by atoms with Crippen LogP contribution < -0.4 is 5.32 Å². The van der Waals surface area contributed by atoms with Crippen molar-refractivity contribution in [2.75, 3.05) is 0 Å². The minimum atomic E-state index is -4.62. The second-order valence-electron chi connectivity index (χ2n) is 6.21. The fourth-order valence-electron chi connectivity index (χ4n) is 1.99. The molecule has 1 saturated carbocycles. The monoisotopic (exact) mass is 357 g/mol. The van der Waals surface area contributed by atoms with Crippen molar-refractivity contribution in [3.8, 4) is 0 Å². The lowest BCUT2D eigenvalue weighted by Crippen LogP contribution is -2.76. The van der Waals surface area contributed by atoms with Gasteiger partial charge in [-0.3, -0.25) is 4.79 Å². The molecule has 1 aliphatic carbocycles. The van der Waals surface area contributed by atoms with Gasteiger partial charge < -0.3 is 56.4 Å². The molecule has 0 bridgehead atoms. The molecule has 2 unspecified atom stereocenters. The van der Waals surface area contributed by atoms with E-state index in [1.807, 2.05) is 0 Å². The third-order valence-corrected chi connectivity index (χ3v) is 3.85. The van der Waals surface area contributed by atoms with E-state index < -0.39 is 47.7 Å². The zero-order chi connectivity index (χ0) is 19.1. The summed E-state index contributed by atoms with van der Waals surface area (Å²) in [7, 11) is 0. The lowest BCUT2D eigenvalue weighted by molar-refractivity contribution is -0.544. The van der Waals surface area contributed by atoms with Gasteiger partial charge in [0.1, 0.15) is 6.10 Å². The molecule has 0 aliphatic heterocycles. The lowest BCUT2D eigenvalue weighted by atomic mass is 9.85. The van der Waals surface area contributed by atoms with Crippen LogP contribution >= 0.6 is 0 Å². The number of carbonyl (C=O) groups is 1. The topological polar surface area (TPSA) is 231 Å². The van der Waals surface area contributed by atoms with Gasteiger partial charge in [0, 0.05) is 12.5 Å². The molecule has 0 spiro atoms. The van der Waals surface area contributed by atoms with E-state index in [9.17, 15) is 40.5 Å². The summed E-state index contributed by atoms with van der Waals surface area (Å²) in [6, 6.07) is -0.108. The van der Waals surface area contributed by atoms with E-state index in [1.54, 1.807) is 0 Å². The molecule has 0 saturated heterocycles. The highest BCUT2D eigenvalue weighted by molar-refractivity contribution is 5.81. The quantitative estimate of drug-likeness (QED) is 0.183. The fraction of sp³-hybridized carbons (Fsp3) is 0.917. The van der Waals surface area contributed by atoms with Gasteiger partial charge in [-0.05, 0) is 18.8 Å². The molecule has 12 heteroatoms. The van der Waals surface area contributed by atoms with Crippen LogP contribution in [-0.2, 0) is 4.79 Å². The van der Waals surface area contributed by atoms with Crippen LogP contribution in [0.2, 0.25) is 0 Å². The van der Waals surface area contributed by atoms with Crippen molar-refractivity contribution in [3.63, 3.8) is 0 Å². The maximum Gasteiger partial charge on any atom is 0.338 e. The Morgan fingerprint density at radius 3 is 1.83 bits per heavy atom. The fourth-order valence-corrected chi connectivity index (χ4v) is 1.99. The van der Waals surface area contributed by atoms with Crippen molar-refractivity contribution >= 4 is 5.91 Å². The molecule has 0 aromatic rings. The van der Waals surface area contributed by atoms with Crippen molar-refractivity contribution in [3.05, 3.63) is 0 Å². The van der Waals surface area contributed by atoms with Gasteiger partial charge in [-0.2, -0.15) is 0 Å². The van der Waals surface area contributed by atoms with E-state index in [1.165, 1.54) is 0 Å².